The first-order chi connectivity index (χ1) is 9.95. The molecule has 1 aromatic rings. The Balaban J connectivity index is 2.45. The van der Waals surface area contributed by atoms with Crippen molar-refractivity contribution < 1.29 is 24.0 Å². The zero-order valence-electron chi connectivity index (χ0n) is 11.7. The molecule has 8 heteroatoms. The van der Waals surface area contributed by atoms with Crippen LogP contribution in [0.3, 0.4) is 0 Å². The highest BCUT2D eigenvalue weighted by Gasteiger charge is 2.18. The standard InChI is InChI=1S/C13H16N2O6/c1-9(13(17)20-2)21-12(16)7-8-14-10-5-3-4-6-11(10)15(18)19/h3-6,9,14H,7-8H2,1-2H3/t9-/m1/s1. The Bertz CT molecular complexity index is 531. The second-order valence-corrected chi connectivity index (χ2v) is 4.11. The number of nitrogens with zero attached hydrogens (tertiary/aromatic N) is 1. The van der Waals surface area contributed by atoms with Gasteiger partial charge in [0.05, 0.1) is 18.5 Å². The molecule has 0 heterocycles. The minimum atomic E-state index is -0.978. The number of nitro groups is 1. The molecular formula is C13H16N2O6. The molecule has 1 rings (SSSR count). The highest BCUT2D eigenvalue weighted by atomic mass is 16.6. The van der Waals surface area contributed by atoms with E-state index in [0.29, 0.717) is 5.69 Å². The van der Waals surface area contributed by atoms with Gasteiger partial charge in [-0.05, 0) is 13.0 Å². The number of ether oxygens (including phenoxy) is 2. The van der Waals surface area contributed by atoms with Gasteiger partial charge in [0.1, 0.15) is 5.69 Å². The van der Waals surface area contributed by atoms with E-state index in [2.05, 4.69) is 10.1 Å². The summed E-state index contributed by atoms with van der Waals surface area (Å²) < 4.78 is 9.25. The molecule has 0 aliphatic carbocycles. The summed E-state index contributed by atoms with van der Waals surface area (Å²) in [6, 6.07) is 6.10. The Hall–Kier alpha value is -2.64. The predicted molar refractivity (Wildman–Crippen MR) is 73.8 cm³/mol. The molecule has 1 aromatic carbocycles. The monoisotopic (exact) mass is 296 g/mol. The van der Waals surface area contributed by atoms with Gasteiger partial charge in [0.25, 0.3) is 5.69 Å². The van der Waals surface area contributed by atoms with Crippen molar-refractivity contribution in [1.29, 1.82) is 0 Å². The fraction of sp³-hybridized carbons (Fsp3) is 0.385. The lowest BCUT2D eigenvalue weighted by atomic mass is 10.2. The van der Waals surface area contributed by atoms with Gasteiger partial charge in [-0.25, -0.2) is 4.79 Å². The molecule has 0 aromatic heterocycles. The van der Waals surface area contributed by atoms with Crippen LogP contribution in [0.5, 0.6) is 0 Å². The van der Waals surface area contributed by atoms with E-state index in [9.17, 15) is 19.7 Å². The molecule has 0 spiro atoms. The van der Waals surface area contributed by atoms with Crippen LogP contribution in [0.1, 0.15) is 13.3 Å². The Morgan fingerprint density at radius 2 is 2.05 bits per heavy atom. The Morgan fingerprint density at radius 3 is 2.67 bits per heavy atom. The summed E-state index contributed by atoms with van der Waals surface area (Å²) in [5, 5.41) is 13.6. The smallest absolute Gasteiger partial charge is 0.346 e. The highest BCUT2D eigenvalue weighted by molar-refractivity contribution is 5.79. The molecule has 0 aliphatic heterocycles. The number of esters is 2. The average molecular weight is 296 g/mol. The predicted octanol–water partition coefficient (Wildman–Crippen LogP) is 1.50. The van der Waals surface area contributed by atoms with Crippen LogP contribution < -0.4 is 5.32 Å². The Kier molecular flexibility index (Phi) is 6.12. The van der Waals surface area contributed by atoms with Gasteiger partial charge < -0.3 is 14.8 Å². The molecule has 1 atom stereocenters. The average Bonchev–Trinajstić information content (AvgIpc) is 2.46. The number of para-hydroxylation sites is 2. The number of hydrogen-bond acceptors (Lipinski definition) is 7. The van der Waals surface area contributed by atoms with E-state index in [1.165, 1.54) is 20.1 Å². The number of carbonyl (C=O) groups excluding carboxylic acids is 2. The number of carbonyl (C=O) groups is 2. The molecule has 0 radical (unpaired) electrons. The minimum Gasteiger partial charge on any atom is -0.466 e. The Morgan fingerprint density at radius 1 is 1.38 bits per heavy atom. The number of nitro benzene ring substituents is 1. The summed E-state index contributed by atoms with van der Waals surface area (Å²) in [7, 11) is 1.20. The number of hydrogen-bond donors (Lipinski definition) is 1. The second kappa shape index (κ2) is 7.83. The van der Waals surface area contributed by atoms with Crippen LogP contribution in [0.25, 0.3) is 0 Å². The molecule has 21 heavy (non-hydrogen) atoms. The van der Waals surface area contributed by atoms with Gasteiger partial charge >= 0.3 is 11.9 Å². The maximum atomic E-state index is 11.5. The van der Waals surface area contributed by atoms with Gasteiger partial charge in [0.15, 0.2) is 6.10 Å². The van der Waals surface area contributed by atoms with Crippen LogP contribution in [-0.2, 0) is 19.1 Å². The largest absolute Gasteiger partial charge is 0.466 e. The highest BCUT2D eigenvalue weighted by Crippen LogP contribution is 2.22. The maximum absolute atomic E-state index is 11.5. The fourth-order valence-electron chi connectivity index (χ4n) is 1.55. The Labute approximate surface area is 121 Å². The minimum absolute atomic E-state index is 0.0343. The van der Waals surface area contributed by atoms with Crippen molar-refractivity contribution >= 4 is 23.3 Å². The van der Waals surface area contributed by atoms with Gasteiger partial charge in [-0.1, -0.05) is 12.1 Å². The van der Waals surface area contributed by atoms with Crippen molar-refractivity contribution in [2.24, 2.45) is 0 Å². The third kappa shape index (κ3) is 5.09. The van der Waals surface area contributed by atoms with Crippen LogP contribution in [-0.4, -0.2) is 36.6 Å². The van der Waals surface area contributed by atoms with Crippen LogP contribution in [0.15, 0.2) is 24.3 Å². The first kappa shape index (κ1) is 16.4. The van der Waals surface area contributed by atoms with E-state index in [0.717, 1.165) is 0 Å². The summed E-state index contributed by atoms with van der Waals surface area (Å²) in [4.78, 5) is 32.8. The quantitative estimate of drug-likeness (QED) is 0.461. The van der Waals surface area contributed by atoms with Crippen LogP contribution in [0.2, 0.25) is 0 Å². The van der Waals surface area contributed by atoms with Gasteiger partial charge in [-0.3, -0.25) is 14.9 Å². The van der Waals surface area contributed by atoms with Crippen molar-refractivity contribution in [2.45, 2.75) is 19.4 Å². The van der Waals surface area contributed by atoms with Gasteiger partial charge in [0, 0.05) is 12.6 Å². The first-order valence-corrected chi connectivity index (χ1v) is 6.20. The van der Waals surface area contributed by atoms with Crippen molar-refractivity contribution in [1.82, 2.24) is 0 Å². The van der Waals surface area contributed by atoms with Crippen molar-refractivity contribution in [3.05, 3.63) is 34.4 Å². The van der Waals surface area contributed by atoms with Gasteiger partial charge in [-0.2, -0.15) is 0 Å². The second-order valence-electron chi connectivity index (χ2n) is 4.11. The summed E-state index contributed by atoms with van der Waals surface area (Å²) in [5.41, 5.74) is 0.241. The third-order valence-corrected chi connectivity index (χ3v) is 2.59. The first-order valence-electron chi connectivity index (χ1n) is 6.20. The number of methoxy groups -OCH3 is 1. The summed E-state index contributed by atoms with van der Waals surface area (Å²) in [6.07, 6.45) is -1.01. The molecule has 1 N–H and O–H groups in total. The zero-order valence-corrected chi connectivity index (χ0v) is 11.7. The molecule has 8 nitrogen and oxygen atoms in total. The van der Waals surface area contributed by atoms with Crippen molar-refractivity contribution in [3.63, 3.8) is 0 Å². The SMILES string of the molecule is COC(=O)[C@@H](C)OC(=O)CCNc1ccccc1[N+](=O)[O-]. The number of benzene rings is 1. The molecule has 0 saturated heterocycles. The summed E-state index contributed by atoms with van der Waals surface area (Å²) in [6.45, 7) is 1.55. The number of nitrogens with one attached hydrogen (secondary N) is 1. The van der Waals surface area contributed by atoms with E-state index in [1.54, 1.807) is 18.2 Å². The number of rotatable bonds is 7. The molecular weight excluding hydrogens is 280 g/mol. The van der Waals surface area contributed by atoms with Crippen LogP contribution >= 0.6 is 0 Å². The lowest BCUT2D eigenvalue weighted by molar-refractivity contribution is -0.384. The van der Waals surface area contributed by atoms with Gasteiger partial charge in [0.2, 0.25) is 0 Å². The lowest BCUT2D eigenvalue weighted by Gasteiger charge is -2.11. The fourth-order valence-corrected chi connectivity index (χ4v) is 1.55. The van der Waals surface area contributed by atoms with E-state index in [1.807, 2.05) is 0 Å². The van der Waals surface area contributed by atoms with Crippen LogP contribution in [0.4, 0.5) is 11.4 Å². The van der Waals surface area contributed by atoms with E-state index >= 15 is 0 Å². The van der Waals surface area contributed by atoms with E-state index in [4.69, 9.17) is 4.74 Å². The van der Waals surface area contributed by atoms with Crippen molar-refractivity contribution in [3.8, 4) is 0 Å². The zero-order chi connectivity index (χ0) is 15.8. The molecule has 0 aliphatic rings. The molecule has 0 bridgehead atoms. The molecule has 0 unspecified atom stereocenters. The van der Waals surface area contributed by atoms with E-state index < -0.39 is 23.0 Å². The summed E-state index contributed by atoms with van der Waals surface area (Å²) in [5.74, 6) is -1.24. The molecule has 0 amide bonds. The molecule has 114 valence electrons. The normalized spacial score (nSPS) is 11.3. The van der Waals surface area contributed by atoms with Crippen molar-refractivity contribution in [2.75, 3.05) is 19.0 Å². The lowest BCUT2D eigenvalue weighted by Crippen LogP contribution is -2.26. The van der Waals surface area contributed by atoms with Gasteiger partial charge in [-0.15, -0.1) is 0 Å². The maximum Gasteiger partial charge on any atom is 0.346 e. The van der Waals surface area contributed by atoms with Crippen LogP contribution in [0, 0.1) is 10.1 Å². The summed E-state index contributed by atoms with van der Waals surface area (Å²) >= 11 is 0. The molecule has 0 saturated carbocycles. The third-order valence-electron chi connectivity index (χ3n) is 2.59. The molecule has 0 fully saturated rings. The topological polar surface area (TPSA) is 108 Å². The number of anilines is 1. The van der Waals surface area contributed by atoms with E-state index in [-0.39, 0.29) is 18.7 Å².